The normalized spacial score (nSPS) is 11.4. The summed E-state index contributed by atoms with van der Waals surface area (Å²) in [6, 6.07) is 23.2. The molecule has 2 N–H and O–H groups in total. The van der Waals surface area contributed by atoms with Gasteiger partial charge in [0.25, 0.3) is 0 Å². The van der Waals surface area contributed by atoms with Gasteiger partial charge in [-0.3, -0.25) is 5.32 Å². The van der Waals surface area contributed by atoms with Gasteiger partial charge in [0.1, 0.15) is 17.5 Å². The minimum atomic E-state index is -4.80. The number of benzene rings is 3. The van der Waals surface area contributed by atoms with Crippen LogP contribution in [0.25, 0.3) is 22.2 Å². The monoisotopic (exact) mass is 478 g/mol. The van der Waals surface area contributed by atoms with Crippen molar-refractivity contribution >= 4 is 22.5 Å². The fourth-order valence-corrected chi connectivity index (χ4v) is 4.18. The number of carbonyl (C=O) groups excluding carboxylic acids is 1. The Hall–Kier alpha value is -4.09. The summed E-state index contributed by atoms with van der Waals surface area (Å²) in [7, 11) is 0. The van der Waals surface area contributed by atoms with Gasteiger partial charge in [0.05, 0.1) is 23.2 Å². The van der Waals surface area contributed by atoms with Gasteiger partial charge in [-0.1, -0.05) is 30.3 Å². The van der Waals surface area contributed by atoms with E-state index in [2.05, 4.69) is 10.8 Å². The summed E-state index contributed by atoms with van der Waals surface area (Å²) in [5, 5.41) is 12.0. The number of primary amides is 1. The van der Waals surface area contributed by atoms with Crippen LogP contribution in [0.2, 0.25) is 0 Å². The molecule has 1 heterocycles. The molecule has 0 saturated heterocycles. The summed E-state index contributed by atoms with van der Waals surface area (Å²) in [4.78, 5) is 12.4. The molecule has 0 spiro atoms. The molecule has 178 valence electrons. The van der Waals surface area contributed by atoms with Crippen molar-refractivity contribution in [1.29, 1.82) is 5.26 Å². The highest BCUT2D eigenvalue weighted by Crippen LogP contribution is 2.36. The molecule has 3 aromatic carbocycles. The number of nitrogens with zero attached hydrogens (tertiary/aromatic N) is 2. The highest BCUT2D eigenvalue weighted by molar-refractivity contribution is 5.95. The summed E-state index contributed by atoms with van der Waals surface area (Å²) in [5.74, 6) is -0.327. The second kappa shape index (κ2) is 10.0. The van der Waals surface area contributed by atoms with E-state index >= 15 is 0 Å². The van der Waals surface area contributed by atoms with Crippen LogP contribution in [0.4, 0.5) is 18.9 Å². The third-order valence-corrected chi connectivity index (χ3v) is 5.71. The predicted octanol–water partition coefficient (Wildman–Crippen LogP) is 5.45. The van der Waals surface area contributed by atoms with E-state index in [1.54, 1.807) is 22.0 Å². The lowest BCUT2D eigenvalue weighted by Gasteiger charge is -2.11. The van der Waals surface area contributed by atoms with E-state index in [4.69, 9.17) is 0 Å². The number of amides is 1. The maximum atomic E-state index is 12.7. The average Bonchev–Trinajstić information content (AvgIpc) is 3.15. The molecule has 8 heteroatoms. The molecule has 0 fully saturated rings. The molecule has 1 aromatic heterocycles. The molecule has 1 amide bonds. The minimum Gasteiger partial charge on any atom is -0.406 e. The van der Waals surface area contributed by atoms with Gasteiger partial charge in [-0.15, -0.1) is 13.2 Å². The first-order valence-corrected chi connectivity index (χ1v) is 11.1. The molecule has 5 nitrogen and oxygen atoms in total. The van der Waals surface area contributed by atoms with Crippen molar-refractivity contribution in [3.63, 3.8) is 0 Å². The molecule has 0 aliphatic rings. The number of halogens is 3. The SMILES string of the molecule is CCn1c(-c2ccc([NH2+]C(=O)CCc3ccccc3)cc2)c(C#N)c2ccc(OC(F)(F)F)cc21. The highest BCUT2D eigenvalue weighted by Gasteiger charge is 2.31. The lowest BCUT2D eigenvalue weighted by Crippen LogP contribution is -2.82. The molecule has 0 bridgehead atoms. The smallest absolute Gasteiger partial charge is 0.406 e. The van der Waals surface area contributed by atoms with Crippen LogP contribution in [0.3, 0.4) is 0 Å². The Morgan fingerprint density at radius 2 is 1.77 bits per heavy atom. The maximum Gasteiger partial charge on any atom is 0.573 e. The van der Waals surface area contributed by atoms with Crippen molar-refractivity contribution in [2.24, 2.45) is 0 Å². The number of aromatic nitrogens is 1. The molecule has 0 unspecified atom stereocenters. The van der Waals surface area contributed by atoms with Crippen molar-refractivity contribution in [3.05, 3.63) is 83.9 Å². The molecule has 4 aromatic rings. The van der Waals surface area contributed by atoms with Crippen molar-refractivity contribution in [3.8, 4) is 23.1 Å². The second-order valence-corrected chi connectivity index (χ2v) is 8.02. The number of alkyl halides is 3. The quantitative estimate of drug-likeness (QED) is 0.359. The lowest BCUT2D eigenvalue weighted by atomic mass is 10.1. The summed E-state index contributed by atoms with van der Waals surface area (Å²) in [6.07, 6.45) is -3.74. The Morgan fingerprint density at radius 1 is 1.06 bits per heavy atom. The van der Waals surface area contributed by atoms with Gasteiger partial charge in [-0.05, 0) is 48.7 Å². The molecule has 0 saturated carbocycles. The zero-order valence-electron chi connectivity index (χ0n) is 19.0. The van der Waals surface area contributed by atoms with Crippen LogP contribution in [0.15, 0.2) is 72.8 Å². The number of nitriles is 1. The highest BCUT2D eigenvalue weighted by atomic mass is 19.4. The van der Waals surface area contributed by atoms with Crippen molar-refractivity contribution in [2.45, 2.75) is 32.7 Å². The Bertz CT molecular complexity index is 1390. The number of rotatable bonds is 7. The Morgan fingerprint density at radius 3 is 2.40 bits per heavy atom. The van der Waals surface area contributed by atoms with Crippen LogP contribution >= 0.6 is 0 Å². The fraction of sp³-hybridized carbons (Fsp3) is 0.185. The van der Waals surface area contributed by atoms with Crippen LogP contribution in [0.5, 0.6) is 5.75 Å². The van der Waals surface area contributed by atoms with Crippen LogP contribution in [0.1, 0.15) is 24.5 Å². The first kappa shape index (κ1) is 24.0. The van der Waals surface area contributed by atoms with Crippen LogP contribution < -0.4 is 10.1 Å². The second-order valence-electron chi connectivity index (χ2n) is 8.02. The zero-order chi connectivity index (χ0) is 25.0. The first-order chi connectivity index (χ1) is 16.8. The molecule has 4 rings (SSSR count). The van der Waals surface area contributed by atoms with Crippen LogP contribution in [0, 0.1) is 11.3 Å². The average molecular weight is 478 g/mol. The van der Waals surface area contributed by atoms with Gasteiger partial charge in [0.15, 0.2) is 0 Å². The molecule has 35 heavy (non-hydrogen) atoms. The maximum absolute atomic E-state index is 12.7. The Kier molecular flexibility index (Phi) is 6.90. The summed E-state index contributed by atoms with van der Waals surface area (Å²) < 4.78 is 43.9. The van der Waals surface area contributed by atoms with Crippen LogP contribution in [-0.4, -0.2) is 16.8 Å². The summed E-state index contributed by atoms with van der Waals surface area (Å²) in [6.45, 7) is 2.30. The van der Waals surface area contributed by atoms with E-state index in [1.165, 1.54) is 18.2 Å². The standard InChI is InChI=1S/C27H22F3N3O2/c1-2-33-24-16-21(35-27(28,29)30)13-14-22(24)23(17-31)26(33)19-9-11-20(12-10-19)32-25(34)15-8-18-6-4-3-5-7-18/h3-7,9-14,16H,2,8,15H2,1H3,(H,32,34)/p+1. The van der Waals surface area contributed by atoms with Crippen LogP contribution in [-0.2, 0) is 17.8 Å². The predicted molar refractivity (Wildman–Crippen MR) is 126 cm³/mol. The van der Waals surface area contributed by atoms with Gasteiger partial charge >= 0.3 is 12.3 Å². The third-order valence-electron chi connectivity index (χ3n) is 5.71. The Labute approximate surface area is 200 Å². The fourth-order valence-electron chi connectivity index (χ4n) is 4.18. The molecule has 0 atom stereocenters. The van der Waals surface area contributed by atoms with Crippen molar-refractivity contribution in [1.82, 2.24) is 4.57 Å². The van der Waals surface area contributed by atoms with Gasteiger partial charge in [-0.2, -0.15) is 5.26 Å². The number of nitrogens with two attached hydrogens (primary N) is 1. The molecule has 0 aliphatic heterocycles. The van der Waals surface area contributed by atoms with Crippen molar-refractivity contribution in [2.75, 3.05) is 0 Å². The number of hydrogen-bond donors (Lipinski definition) is 1. The summed E-state index contributed by atoms with van der Waals surface area (Å²) >= 11 is 0. The van der Waals surface area contributed by atoms with Gasteiger partial charge in [0, 0.05) is 30.1 Å². The third kappa shape index (κ3) is 5.53. The number of aryl methyl sites for hydroxylation is 2. The number of carbonyl (C=O) groups is 1. The number of ether oxygens (including phenoxy) is 1. The zero-order valence-corrected chi connectivity index (χ0v) is 19.0. The number of quaternary nitrogens is 1. The number of hydrogen-bond acceptors (Lipinski definition) is 3. The van der Waals surface area contributed by atoms with Gasteiger partial charge in [0.2, 0.25) is 0 Å². The van der Waals surface area contributed by atoms with E-state index in [-0.39, 0.29) is 11.7 Å². The van der Waals surface area contributed by atoms with E-state index in [1.807, 2.05) is 49.4 Å². The lowest BCUT2D eigenvalue weighted by molar-refractivity contribution is -0.483. The topological polar surface area (TPSA) is 71.6 Å². The molecule has 0 aliphatic carbocycles. The minimum absolute atomic E-state index is 0.0131. The Balaban J connectivity index is 1.58. The van der Waals surface area contributed by atoms with Gasteiger partial charge in [-0.25, -0.2) is 4.79 Å². The van der Waals surface area contributed by atoms with E-state index < -0.39 is 6.36 Å². The van der Waals surface area contributed by atoms with E-state index in [9.17, 15) is 23.2 Å². The first-order valence-electron chi connectivity index (χ1n) is 11.1. The van der Waals surface area contributed by atoms with E-state index in [0.29, 0.717) is 41.5 Å². The molecular formula is C27H23F3N3O2+. The number of fused-ring (bicyclic) bond motifs is 1. The van der Waals surface area contributed by atoms with Crippen molar-refractivity contribution < 1.29 is 28.0 Å². The largest absolute Gasteiger partial charge is 0.573 e. The van der Waals surface area contributed by atoms with E-state index in [0.717, 1.165) is 16.8 Å². The molecular weight excluding hydrogens is 455 g/mol. The van der Waals surface area contributed by atoms with Gasteiger partial charge < -0.3 is 9.30 Å². The summed E-state index contributed by atoms with van der Waals surface area (Å²) in [5.41, 5.74) is 4.03. The molecule has 0 radical (unpaired) electrons.